The van der Waals surface area contributed by atoms with Gasteiger partial charge in [-0.25, -0.2) is 0 Å². The Bertz CT molecular complexity index is 65.7. The van der Waals surface area contributed by atoms with Crippen LogP contribution in [0.2, 0.25) is 0 Å². The van der Waals surface area contributed by atoms with Crippen molar-refractivity contribution in [1.29, 1.82) is 0 Å². The first-order chi connectivity index (χ1) is 4.70. The van der Waals surface area contributed by atoms with Crippen LogP contribution in [0.15, 0.2) is 0 Å². The number of nitrogens with one attached hydrogen (secondary N) is 1. The Morgan fingerprint density at radius 2 is 2.00 bits per heavy atom. The summed E-state index contributed by atoms with van der Waals surface area (Å²) in [4.78, 5) is 0. The Hall–Kier alpha value is -0.0800. The summed E-state index contributed by atoms with van der Waals surface area (Å²) in [5.41, 5.74) is 0. The lowest BCUT2D eigenvalue weighted by Crippen LogP contribution is -2.22. The molecule has 0 fully saturated rings. The molecule has 0 heterocycles. The molecule has 0 aliphatic heterocycles. The van der Waals surface area contributed by atoms with Gasteiger partial charge in [-0.1, -0.05) is 6.92 Å². The molecule has 2 heteroatoms. The lowest BCUT2D eigenvalue weighted by Gasteiger charge is -2.12. The van der Waals surface area contributed by atoms with Crippen LogP contribution in [0.4, 0.5) is 0 Å². The topological polar surface area (TPSA) is 32.3 Å². The molecule has 2 atom stereocenters. The quantitative estimate of drug-likeness (QED) is 0.608. The summed E-state index contributed by atoms with van der Waals surface area (Å²) in [5, 5.41) is 12.3. The molecule has 2 nitrogen and oxygen atoms in total. The molecule has 0 amide bonds. The summed E-state index contributed by atoms with van der Waals surface area (Å²) in [6.45, 7) is 4.14. The first kappa shape index (κ1) is 9.92. The summed E-state index contributed by atoms with van der Waals surface area (Å²) in [5.74, 6) is 0. The average Bonchev–Trinajstić information content (AvgIpc) is 1.99. The molecule has 0 aromatic rings. The molecular formula is C8H19NO. The smallest absolute Gasteiger partial charge is 0.0538 e. The molecule has 0 aliphatic rings. The Kier molecular flexibility index (Phi) is 5.64. The maximum atomic E-state index is 9.17. The van der Waals surface area contributed by atoms with Crippen molar-refractivity contribution >= 4 is 0 Å². The molecule has 62 valence electrons. The Morgan fingerprint density at radius 3 is 2.40 bits per heavy atom. The second kappa shape index (κ2) is 5.69. The zero-order valence-corrected chi connectivity index (χ0v) is 7.22. The van der Waals surface area contributed by atoms with Gasteiger partial charge < -0.3 is 10.4 Å². The molecule has 0 radical (unpaired) electrons. The normalized spacial score (nSPS) is 16.8. The van der Waals surface area contributed by atoms with Crippen molar-refractivity contribution in [2.24, 2.45) is 0 Å². The third-order valence-corrected chi connectivity index (χ3v) is 1.90. The molecule has 0 aromatic heterocycles. The van der Waals surface area contributed by atoms with Crippen LogP contribution >= 0.6 is 0 Å². The van der Waals surface area contributed by atoms with Crippen LogP contribution in [0.5, 0.6) is 0 Å². The van der Waals surface area contributed by atoms with Crippen LogP contribution in [0, 0.1) is 0 Å². The molecule has 0 rings (SSSR count). The lowest BCUT2D eigenvalue weighted by molar-refractivity contribution is 0.154. The van der Waals surface area contributed by atoms with Crippen molar-refractivity contribution in [3.63, 3.8) is 0 Å². The fourth-order valence-corrected chi connectivity index (χ4v) is 0.791. The van der Waals surface area contributed by atoms with Gasteiger partial charge in [0.25, 0.3) is 0 Å². The Morgan fingerprint density at radius 1 is 1.40 bits per heavy atom. The van der Waals surface area contributed by atoms with Crippen LogP contribution in [-0.4, -0.2) is 24.3 Å². The first-order valence-electron chi connectivity index (χ1n) is 4.06. The maximum Gasteiger partial charge on any atom is 0.0538 e. The SMILES string of the molecule is CCC(O)CCC(C)NC. The van der Waals surface area contributed by atoms with Crippen molar-refractivity contribution in [1.82, 2.24) is 5.32 Å². The molecule has 0 spiro atoms. The molecule has 0 saturated heterocycles. The monoisotopic (exact) mass is 145 g/mol. The highest BCUT2D eigenvalue weighted by Crippen LogP contribution is 2.03. The standard InChI is InChI=1S/C8H19NO/c1-4-8(10)6-5-7(2)9-3/h7-10H,4-6H2,1-3H3. The molecule has 0 aromatic carbocycles. The average molecular weight is 145 g/mol. The van der Waals surface area contributed by atoms with Gasteiger partial charge in [0, 0.05) is 6.04 Å². The van der Waals surface area contributed by atoms with Crippen LogP contribution in [0.1, 0.15) is 33.1 Å². The third kappa shape index (κ3) is 4.77. The van der Waals surface area contributed by atoms with Crippen LogP contribution in [0.25, 0.3) is 0 Å². The fraction of sp³-hybridized carbons (Fsp3) is 1.00. The maximum absolute atomic E-state index is 9.17. The molecule has 0 bridgehead atoms. The van der Waals surface area contributed by atoms with Crippen molar-refractivity contribution in [2.75, 3.05) is 7.05 Å². The number of rotatable bonds is 5. The summed E-state index contributed by atoms with van der Waals surface area (Å²) >= 11 is 0. The minimum Gasteiger partial charge on any atom is -0.393 e. The van der Waals surface area contributed by atoms with E-state index in [2.05, 4.69) is 12.2 Å². The van der Waals surface area contributed by atoms with Gasteiger partial charge in [-0.05, 0) is 33.2 Å². The van der Waals surface area contributed by atoms with Gasteiger partial charge in [-0.15, -0.1) is 0 Å². The minimum absolute atomic E-state index is 0.101. The van der Waals surface area contributed by atoms with Gasteiger partial charge in [-0.3, -0.25) is 0 Å². The van der Waals surface area contributed by atoms with E-state index in [1.54, 1.807) is 0 Å². The van der Waals surface area contributed by atoms with Gasteiger partial charge in [0.2, 0.25) is 0 Å². The van der Waals surface area contributed by atoms with E-state index in [0.717, 1.165) is 19.3 Å². The number of aliphatic hydroxyl groups excluding tert-OH is 1. The minimum atomic E-state index is -0.101. The van der Waals surface area contributed by atoms with Gasteiger partial charge >= 0.3 is 0 Å². The molecule has 10 heavy (non-hydrogen) atoms. The second-order valence-corrected chi connectivity index (χ2v) is 2.83. The van der Waals surface area contributed by atoms with Gasteiger partial charge in [-0.2, -0.15) is 0 Å². The van der Waals surface area contributed by atoms with Crippen molar-refractivity contribution in [3.8, 4) is 0 Å². The highest BCUT2D eigenvalue weighted by molar-refractivity contribution is 4.60. The van der Waals surface area contributed by atoms with E-state index < -0.39 is 0 Å². The van der Waals surface area contributed by atoms with E-state index in [4.69, 9.17) is 0 Å². The number of hydrogen-bond acceptors (Lipinski definition) is 2. The highest BCUT2D eigenvalue weighted by atomic mass is 16.3. The fourth-order valence-electron chi connectivity index (χ4n) is 0.791. The van der Waals surface area contributed by atoms with Crippen molar-refractivity contribution in [2.45, 2.75) is 45.3 Å². The van der Waals surface area contributed by atoms with E-state index >= 15 is 0 Å². The van der Waals surface area contributed by atoms with Crippen molar-refractivity contribution in [3.05, 3.63) is 0 Å². The summed E-state index contributed by atoms with van der Waals surface area (Å²) in [7, 11) is 1.95. The Balaban J connectivity index is 3.17. The van der Waals surface area contributed by atoms with Gasteiger partial charge in [0.05, 0.1) is 6.10 Å². The molecule has 2 unspecified atom stereocenters. The van der Waals surface area contributed by atoms with Crippen LogP contribution in [0.3, 0.4) is 0 Å². The van der Waals surface area contributed by atoms with E-state index in [1.807, 2.05) is 14.0 Å². The van der Waals surface area contributed by atoms with E-state index in [9.17, 15) is 5.11 Å². The molecular weight excluding hydrogens is 126 g/mol. The zero-order chi connectivity index (χ0) is 7.98. The molecule has 0 saturated carbocycles. The summed E-state index contributed by atoms with van der Waals surface area (Å²) in [6.07, 6.45) is 2.75. The Labute approximate surface area is 63.6 Å². The summed E-state index contributed by atoms with van der Waals surface area (Å²) in [6, 6.07) is 0.529. The molecule has 0 aliphatic carbocycles. The summed E-state index contributed by atoms with van der Waals surface area (Å²) < 4.78 is 0. The number of hydrogen-bond donors (Lipinski definition) is 2. The predicted octanol–water partition coefficient (Wildman–Crippen LogP) is 1.15. The van der Waals surface area contributed by atoms with Crippen LogP contribution in [-0.2, 0) is 0 Å². The van der Waals surface area contributed by atoms with Gasteiger partial charge in [0.1, 0.15) is 0 Å². The van der Waals surface area contributed by atoms with Crippen LogP contribution < -0.4 is 5.32 Å². The zero-order valence-electron chi connectivity index (χ0n) is 7.22. The second-order valence-electron chi connectivity index (χ2n) is 2.83. The molecule has 2 N–H and O–H groups in total. The van der Waals surface area contributed by atoms with E-state index in [1.165, 1.54) is 0 Å². The number of aliphatic hydroxyl groups is 1. The predicted molar refractivity (Wildman–Crippen MR) is 44.1 cm³/mol. The first-order valence-corrected chi connectivity index (χ1v) is 4.06. The largest absolute Gasteiger partial charge is 0.393 e. The van der Waals surface area contributed by atoms with E-state index in [0.29, 0.717) is 6.04 Å². The highest BCUT2D eigenvalue weighted by Gasteiger charge is 2.03. The van der Waals surface area contributed by atoms with E-state index in [-0.39, 0.29) is 6.10 Å². The third-order valence-electron chi connectivity index (χ3n) is 1.90. The van der Waals surface area contributed by atoms with Gasteiger partial charge in [0.15, 0.2) is 0 Å². The lowest BCUT2D eigenvalue weighted by atomic mass is 10.1. The van der Waals surface area contributed by atoms with Crippen molar-refractivity contribution < 1.29 is 5.11 Å².